The van der Waals surface area contributed by atoms with E-state index >= 15 is 0 Å². The van der Waals surface area contributed by atoms with E-state index in [0.717, 1.165) is 12.8 Å². The second-order valence-electron chi connectivity index (χ2n) is 3.34. The van der Waals surface area contributed by atoms with Crippen LogP contribution in [0.2, 0.25) is 0 Å². The average Bonchev–Trinajstić information content (AvgIpc) is 2.69. The molecule has 1 aliphatic rings. The van der Waals surface area contributed by atoms with Crippen LogP contribution in [0.1, 0.15) is 26.2 Å². The van der Waals surface area contributed by atoms with E-state index in [1.54, 1.807) is 7.11 Å². The number of rotatable bonds is 4. The Labute approximate surface area is 66.4 Å². The average molecular weight is 158 g/mol. The summed E-state index contributed by atoms with van der Waals surface area (Å²) in [6.07, 6.45) is 2.35. The van der Waals surface area contributed by atoms with Gasteiger partial charge in [-0.1, -0.05) is 0 Å². The summed E-state index contributed by atoms with van der Waals surface area (Å²) in [5, 5.41) is 8.79. The molecule has 3 nitrogen and oxygen atoms in total. The first kappa shape index (κ1) is 8.53. The molecule has 0 radical (unpaired) electrons. The van der Waals surface area contributed by atoms with Crippen molar-refractivity contribution in [3.63, 3.8) is 0 Å². The lowest BCUT2D eigenvalue weighted by atomic mass is 10.00. The summed E-state index contributed by atoms with van der Waals surface area (Å²) in [6.45, 7) is 1.91. The molecule has 0 aromatic heterocycles. The molecule has 0 amide bonds. The maximum Gasteiger partial charge on any atom is 0.309 e. The summed E-state index contributed by atoms with van der Waals surface area (Å²) >= 11 is 0. The number of methoxy groups -OCH3 is 1. The van der Waals surface area contributed by atoms with Gasteiger partial charge >= 0.3 is 5.97 Å². The van der Waals surface area contributed by atoms with Crippen LogP contribution in [0.15, 0.2) is 0 Å². The van der Waals surface area contributed by atoms with E-state index in [9.17, 15) is 4.79 Å². The Kier molecular flexibility index (Phi) is 2.18. The topological polar surface area (TPSA) is 46.5 Å². The van der Waals surface area contributed by atoms with Gasteiger partial charge in [-0.2, -0.15) is 0 Å². The molecule has 1 saturated carbocycles. The maximum atomic E-state index is 10.7. The highest BCUT2D eigenvalue weighted by Crippen LogP contribution is 2.49. The minimum atomic E-state index is -0.665. The standard InChI is InChI=1S/C8H14O3/c1-6(11-2)5-8(3-4-8)7(9)10/h6H,3-5H2,1-2H3,(H,9,10). The second kappa shape index (κ2) is 2.81. The minimum Gasteiger partial charge on any atom is -0.481 e. The van der Waals surface area contributed by atoms with Crippen molar-refractivity contribution in [2.24, 2.45) is 5.41 Å². The Morgan fingerprint density at radius 1 is 1.73 bits per heavy atom. The number of carbonyl (C=O) groups is 1. The lowest BCUT2D eigenvalue weighted by Gasteiger charge is -2.14. The molecule has 0 heterocycles. The third-order valence-electron chi connectivity index (χ3n) is 2.39. The van der Waals surface area contributed by atoms with Crippen molar-refractivity contribution in [2.75, 3.05) is 7.11 Å². The van der Waals surface area contributed by atoms with Crippen LogP contribution in [0.25, 0.3) is 0 Å². The first-order valence-corrected chi connectivity index (χ1v) is 3.87. The Bertz CT molecular complexity index is 161. The zero-order valence-electron chi connectivity index (χ0n) is 6.96. The Balaban J connectivity index is 2.41. The van der Waals surface area contributed by atoms with E-state index < -0.39 is 11.4 Å². The normalized spacial score (nSPS) is 22.7. The molecule has 1 aliphatic carbocycles. The number of ether oxygens (including phenoxy) is 1. The van der Waals surface area contributed by atoms with Gasteiger partial charge in [0.25, 0.3) is 0 Å². The van der Waals surface area contributed by atoms with Gasteiger partial charge in [-0.15, -0.1) is 0 Å². The van der Waals surface area contributed by atoms with Gasteiger partial charge in [-0.25, -0.2) is 0 Å². The molecule has 64 valence electrons. The fraction of sp³-hybridized carbons (Fsp3) is 0.875. The highest BCUT2D eigenvalue weighted by molar-refractivity contribution is 5.77. The van der Waals surface area contributed by atoms with Crippen LogP contribution in [0.4, 0.5) is 0 Å². The first-order valence-electron chi connectivity index (χ1n) is 3.87. The minimum absolute atomic E-state index is 0.0635. The summed E-state index contributed by atoms with van der Waals surface area (Å²) in [5.41, 5.74) is -0.435. The zero-order chi connectivity index (χ0) is 8.48. The van der Waals surface area contributed by atoms with Crippen molar-refractivity contribution in [1.82, 2.24) is 0 Å². The number of carboxylic acids is 1. The molecule has 0 aliphatic heterocycles. The van der Waals surface area contributed by atoms with E-state index in [0.29, 0.717) is 6.42 Å². The zero-order valence-corrected chi connectivity index (χ0v) is 6.96. The summed E-state index contributed by atoms with van der Waals surface area (Å²) in [7, 11) is 1.61. The van der Waals surface area contributed by atoms with Gasteiger partial charge in [0, 0.05) is 7.11 Å². The monoisotopic (exact) mass is 158 g/mol. The molecule has 0 spiro atoms. The summed E-state index contributed by atoms with van der Waals surface area (Å²) in [6, 6.07) is 0. The van der Waals surface area contributed by atoms with Crippen LogP contribution in [0.5, 0.6) is 0 Å². The third kappa shape index (κ3) is 1.71. The molecule has 1 rings (SSSR count). The quantitative estimate of drug-likeness (QED) is 0.670. The van der Waals surface area contributed by atoms with E-state index in [2.05, 4.69) is 0 Å². The van der Waals surface area contributed by atoms with Crippen molar-refractivity contribution in [3.8, 4) is 0 Å². The molecule has 1 unspecified atom stereocenters. The van der Waals surface area contributed by atoms with E-state index in [1.807, 2.05) is 6.92 Å². The molecule has 1 N–H and O–H groups in total. The first-order chi connectivity index (χ1) is 5.10. The number of carboxylic acid groups (broad SMARTS) is 1. The molecule has 0 bridgehead atoms. The van der Waals surface area contributed by atoms with Gasteiger partial charge < -0.3 is 9.84 Å². The molecule has 1 fully saturated rings. The van der Waals surface area contributed by atoms with Crippen LogP contribution in [0.3, 0.4) is 0 Å². The Morgan fingerprint density at radius 2 is 2.27 bits per heavy atom. The number of aliphatic carboxylic acids is 1. The van der Waals surface area contributed by atoms with Gasteiger partial charge in [-0.3, -0.25) is 4.79 Å². The lowest BCUT2D eigenvalue weighted by Crippen LogP contribution is -2.21. The number of hydrogen-bond acceptors (Lipinski definition) is 2. The van der Waals surface area contributed by atoms with E-state index in [4.69, 9.17) is 9.84 Å². The predicted octanol–water partition coefficient (Wildman–Crippen LogP) is 1.28. The fourth-order valence-electron chi connectivity index (χ4n) is 1.29. The van der Waals surface area contributed by atoms with Crippen molar-refractivity contribution in [1.29, 1.82) is 0 Å². The van der Waals surface area contributed by atoms with Gasteiger partial charge in [0.05, 0.1) is 11.5 Å². The summed E-state index contributed by atoms with van der Waals surface area (Å²) in [5.74, 6) is -0.665. The van der Waals surface area contributed by atoms with Crippen LogP contribution < -0.4 is 0 Å². The van der Waals surface area contributed by atoms with Crippen LogP contribution >= 0.6 is 0 Å². The smallest absolute Gasteiger partial charge is 0.309 e. The van der Waals surface area contributed by atoms with Crippen molar-refractivity contribution in [2.45, 2.75) is 32.3 Å². The fourth-order valence-corrected chi connectivity index (χ4v) is 1.29. The van der Waals surface area contributed by atoms with Gasteiger partial charge in [0.2, 0.25) is 0 Å². The van der Waals surface area contributed by atoms with Crippen LogP contribution in [-0.4, -0.2) is 24.3 Å². The lowest BCUT2D eigenvalue weighted by molar-refractivity contribution is -0.144. The second-order valence-corrected chi connectivity index (χ2v) is 3.34. The van der Waals surface area contributed by atoms with Crippen LogP contribution in [0, 0.1) is 5.41 Å². The summed E-state index contributed by atoms with van der Waals surface area (Å²) in [4.78, 5) is 10.7. The Morgan fingerprint density at radius 3 is 2.55 bits per heavy atom. The van der Waals surface area contributed by atoms with Crippen molar-refractivity contribution in [3.05, 3.63) is 0 Å². The van der Waals surface area contributed by atoms with E-state index in [1.165, 1.54) is 0 Å². The molecule has 0 saturated heterocycles. The third-order valence-corrected chi connectivity index (χ3v) is 2.39. The highest BCUT2D eigenvalue weighted by Gasteiger charge is 2.50. The van der Waals surface area contributed by atoms with Crippen molar-refractivity contribution < 1.29 is 14.6 Å². The van der Waals surface area contributed by atoms with Crippen molar-refractivity contribution >= 4 is 5.97 Å². The highest BCUT2D eigenvalue weighted by atomic mass is 16.5. The number of hydrogen-bond donors (Lipinski definition) is 1. The molecular weight excluding hydrogens is 144 g/mol. The van der Waals surface area contributed by atoms with E-state index in [-0.39, 0.29) is 6.10 Å². The SMILES string of the molecule is COC(C)CC1(C(=O)O)CC1. The molecule has 3 heteroatoms. The summed E-state index contributed by atoms with van der Waals surface area (Å²) < 4.78 is 5.01. The Hall–Kier alpha value is -0.570. The largest absolute Gasteiger partial charge is 0.481 e. The predicted molar refractivity (Wildman–Crippen MR) is 40.4 cm³/mol. The van der Waals surface area contributed by atoms with Gasteiger partial charge in [0.15, 0.2) is 0 Å². The molecule has 1 atom stereocenters. The molecule has 11 heavy (non-hydrogen) atoms. The van der Waals surface area contributed by atoms with Gasteiger partial charge in [-0.05, 0) is 26.2 Å². The molecule has 0 aromatic rings. The molecular formula is C8H14O3. The molecule has 0 aromatic carbocycles. The maximum absolute atomic E-state index is 10.7. The van der Waals surface area contributed by atoms with Gasteiger partial charge in [0.1, 0.15) is 0 Å². The van der Waals surface area contributed by atoms with Crippen LogP contribution in [-0.2, 0) is 9.53 Å².